The van der Waals surface area contributed by atoms with Gasteiger partial charge in [-0.3, -0.25) is 0 Å². The molecular weight excluding hydrogens is 216 g/mol. The maximum absolute atomic E-state index is 11.6. The van der Waals surface area contributed by atoms with Gasteiger partial charge in [-0.15, -0.1) is 6.42 Å². The Balaban J connectivity index is 2.66. The number of urea groups is 1. The number of amides is 2. The number of carbonyl (C=O) groups is 1. The lowest BCUT2D eigenvalue weighted by Gasteiger charge is -2.19. The maximum atomic E-state index is 11.6. The SMILES string of the molecule is C#CC(C)(C)NC(=O)Nc1cccc(OC)c1. The highest BCUT2D eigenvalue weighted by atomic mass is 16.5. The van der Waals surface area contributed by atoms with Gasteiger partial charge >= 0.3 is 6.03 Å². The minimum atomic E-state index is -0.678. The lowest BCUT2D eigenvalue weighted by atomic mass is 10.1. The number of methoxy groups -OCH3 is 1. The van der Waals surface area contributed by atoms with Crippen LogP contribution in [0.3, 0.4) is 0 Å². The highest BCUT2D eigenvalue weighted by molar-refractivity contribution is 5.90. The Bertz CT molecular complexity index is 447. The molecule has 17 heavy (non-hydrogen) atoms. The Morgan fingerprint density at radius 1 is 1.47 bits per heavy atom. The van der Waals surface area contributed by atoms with Crippen LogP contribution in [-0.2, 0) is 0 Å². The first-order valence-electron chi connectivity index (χ1n) is 5.18. The second kappa shape index (κ2) is 5.26. The van der Waals surface area contributed by atoms with Crippen LogP contribution in [0.1, 0.15) is 13.8 Å². The first-order chi connectivity index (χ1) is 7.96. The van der Waals surface area contributed by atoms with Crippen LogP contribution in [0.15, 0.2) is 24.3 Å². The van der Waals surface area contributed by atoms with Crippen molar-refractivity contribution in [2.24, 2.45) is 0 Å². The van der Waals surface area contributed by atoms with Crippen LogP contribution in [0, 0.1) is 12.3 Å². The number of benzene rings is 1. The predicted molar refractivity (Wildman–Crippen MR) is 68.1 cm³/mol. The van der Waals surface area contributed by atoms with E-state index >= 15 is 0 Å². The number of carbonyl (C=O) groups excluding carboxylic acids is 1. The maximum Gasteiger partial charge on any atom is 0.320 e. The molecule has 1 aromatic rings. The summed E-state index contributed by atoms with van der Waals surface area (Å²) in [6.07, 6.45) is 5.28. The van der Waals surface area contributed by atoms with Crippen molar-refractivity contribution < 1.29 is 9.53 Å². The van der Waals surface area contributed by atoms with Crippen LogP contribution in [0.4, 0.5) is 10.5 Å². The van der Waals surface area contributed by atoms with E-state index in [1.54, 1.807) is 45.2 Å². The summed E-state index contributed by atoms with van der Waals surface area (Å²) in [5.74, 6) is 3.16. The monoisotopic (exact) mass is 232 g/mol. The molecule has 0 saturated carbocycles. The Labute approximate surface area is 101 Å². The molecule has 2 N–H and O–H groups in total. The van der Waals surface area contributed by atoms with Crippen LogP contribution >= 0.6 is 0 Å². The Morgan fingerprint density at radius 3 is 2.76 bits per heavy atom. The fraction of sp³-hybridized carbons (Fsp3) is 0.308. The van der Waals surface area contributed by atoms with Crippen molar-refractivity contribution in [1.29, 1.82) is 0 Å². The molecule has 0 aliphatic rings. The molecule has 4 heteroatoms. The molecule has 90 valence electrons. The van der Waals surface area contributed by atoms with E-state index in [2.05, 4.69) is 16.6 Å². The molecule has 0 radical (unpaired) electrons. The molecule has 0 aliphatic carbocycles. The summed E-state index contributed by atoms with van der Waals surface area (Å²) in [4.78, 5) is 11.6. The second-order valence-electron chi connectivity index (χ2n) is 4.08. The zero-order valence-electron chi connectivity index (χ0n) is 10.2. The van der Waals surface area contributed by atoms with Gasteiger partial charge in [-0.1, -0.05) is 12.0 Å². The van der Waals surface area contributed by atoms with Gasteiger partial charge < -0.3 is 15.4 Å². The smallest absolute Gasteiger partial charge is 0.320 e. The molecule has 4 nitrogen and oxygen atoms in total. The summed E-state index contributed by atoms with van der Waals surface area (Å²) in [7, 11) is 1.57. The van der Waals surface area contributed by atoms with Crippen molar-refractivity contribution in [1.82, 2.24) is 5.32 Å². The zero-order valence-corrected chi connectivity index (χ0v) is 10.2. The molecule has 0 aromatic heterocycles. The van der Waals surface area contributed by atoms with E-state index < -0.39 is 5.54 Å². The van der Waals surface area contributed by atoms with Crippen molar-refractivity contribution in [3.63, 3.8) is 0 Å². The standard InChI is InChI=1S/C13H16N2O2/c1-5-13(2,3)15-12(16)14-10-7-6-8-11(9-10)17-4/h1,6-9H,2-4H3,(H2,14,15,16). The van der Waals surface area contributed by atoms with Crippen molar-refractivity contribution in [3.8, 4) is 18.1 Å². The highest BCUT2D eigenvalue weighted by Crippen LogP contribution is 2.16. The molecule has 1 aromatic carbocycles. The van der Waals surface area contributed by atoms with Gasteiger partial charge in [0, 0.05) is 11.8 Å². The van der Waals surface area contributed by atoms with E-state index in [4.69, 9.17) is 11.2 Å². The fourth-order valence-corrected chi connectivity index (χ4v) is 1.18. The highest BCUT2D eigenvalue weighted by Gasteiger charge is 2.16. The van der Waals surface area contributed by atoms with Crippen molar-refractivity contribution in [3.05, 3.63) is 24.3 Å². The van der Waals surface area contributed by atoms with Gasteiger partial charge in [0.25, 0.3) is 0 Å². The molecular formula is C13H16N2O2. The van der Waals surface area contributed by atoms with Crippen LogP contribution in [0.25, 0.3) is 0 Å². The second-order valence-corrected chi connectivity index (χ2v) is 4.08. The van der Waals surface area contributed by atoms with Gasteiger partial charge in [-0.2, -0.15) is 0 Å². The molecule has 0 bridgehead atoms. The summed E-state index contributed by atoms with van der Waals surface area (Å²) in [6, 6.07) is 6.74. The number of anilines is 1. The number of nitrogens with one attached hydrogen (secondary N) is 2. The van der Waals surface area contributed by atoms with Gasteiger partial charge in [-0.05, 0) is 26.0 Å². The average molecular weight is 232 g/mol. The van der Waals surface area contributed by atoms with Crippen LogP contribution < -0.4 is 15.4 Å². The lowest BCUT2D eigenvalue weighted by molar-refractivity contribution is 0.247. The molecule has 1 rings (SSSR count). The third-order valence-corrected chi connectivity index (χ3v) is 2.11. The molecule has 2 amide bonds. The van der Waals surface area contributed by atoms with Crippen molar-refractivity contribution >= 4 is 11.7 Å². The van der Waals surface area contributed by atoms with Gasteiger partial charge in [0.15, 0.2) is 0 Å². The molecule has 0 heterocycles. The van der Waals surface area contributed by atoms with Crippen LogP contribution in [-0.4, -0.2) is 18.7 Å². The van der Waals surface area contributed by atoms with Gasteiger partial charge in [0.2, 0.25) is 0 Å². The van der Waals surface area contributed by atoms with Crippen LogP contribution in [0.2, 0.25) is 0 Å². The third kappa shape index (κ3) is 4.07. The summed E-state index contributed by atoms with van der Waals surface area (Å²) in [5.41, 5.74) is -0.0298. The number of terminal acetylenes is 1. The van der Waals surface area contributed by atoms with E-state index in [0.717, 1.165) is 0 Å². The first-order valence-corrected chi connectivity index (χ1v) is 5.18. The summed E-state index contributed by atoms with van der Waals surface area (Å²) >= 11 is 0. The normalized spacial score (nSPS) is 10.2. The van der Waals surface area contributed by atoms with E-state index in [-0.39, 0.29) is 6.03 Å². The summed E-state index contributed by atoms with van der Waals surface area (Å²) in [6.45, 7) is 3.50. The van der Waals surface area contributed by atoms with Gasteiger partial charge in [0.05, 0.1) is 12.6 Å². The Hall–Kier alpha value is -2.15. The number of ether oxygens (including phenoxy) is 1. The lowest BCUT2D eigenvalue weighted by Crippen LogP contribution is -2.44. The summed E-state index contributed by atoms with van der Waals surface area (Å²) in [5, 5.41) is 5.35. The Kier molecular flexibility index (Phi) is 4.00. The number of hydrogen-bond acceptors (Lipinski definition) is 2. The molecule has 0 saturated heterocycles. The van der Waals surface area contributed by atoms with Gasteiger partial charge in [0.1, 0.15) is 5.75 Å². The van der Waals surface area contributed by atoms with Gasteiger partial charge in [-0.25, -0.2) is 4.79 Å². The number of rotatable bonds is 3. The molecule has 0 spiro atoms. The Morgan fingerprint density at radius 2 is 2.18 bits per heavy atom. The molecule has 0 aliphatic heterocycles. The van der Waals surface area contributed by atoms with E-state index in [9.17, 15) is 4.79 Å². The largest absolute Gasteiger partial charge is 0.497 e. The first kappa shape index (κ1) is 12.9. The van der Waals surface area contributed by atoms with E-state index in [1.165, 1.54) is 0 Å². The minimum Gasteiger partial charge on any atom is -0.497 e. The molecule has 0 atom stereocenters. The summed E-state index contributed by atoms with van der Waals surface area (Å²) < 4.78 is 5.05. The quantitative estimate of drug-likeness (QED) is 0.785. The minimum absolute atomic E-state index is 0.346. The van der Waals surface area contributed by atoms with E-state index in [1.807, 2.05) is 0 Å². The molecule has 0 fully saturated rings. The zero-order chi connectivity index (χ0) is 12.9. The third-order valence-electron chi connectivity index (χ3n) is 2.11. The van der Waals surface area contributed by atoms with Crippen molar-refractivity contribution in [2.45, 2.75) is 19.4 Å². The topological polar surface area (TPSA) is 50.4 Å². The number of hydrogen-bond donors (Lipinski definition) is 2. The fourth-order valence-electron chi connectivity index (χ4n) is 1.18. The van der Waals surface area contributed by atoms with Crippen molar-refractivity contribution in [2.75, 3.05) is 12.4 Å². The van der Waals surface area contributed by atoms with Crippen LogP contribution in [0.5, 0.6) is 5.75 Å². The van der Waals surface area contributed by atoms with E-state index in [0.29, 0.717) is 11.4 Å². The predicted octanol–water partition coefficient (Wildman–Crippen LogP) is 2.23. The molecule has 0 unspecified atom stereocenters. The average Bonchev–Trinajstić information content (AvgIpc) is 2.28.